The number of nitrogens with one attached hydrogen (secondary N) is 3. The molecule has 3 N–H and O–H groups in total. The van der Waals surface area contributed by atoms with Gasteiger partial charge in [-0.2, -0.15) is 5.10 Å². The van der Waals surface area contributed by atoms with Crippen LogP contribution in [0.4, 0.5) is 11.5 Å². The molecule has 1 saturated heterocycles. The smallest absolute Gasteiger partial charge is 0.276 e. The first-order chi connectivity index (χ1) is 16.3. The fourth-order valence-electron chi connectivity index (χ4n) is 3.81. The minimum absolute atomic E-state index is 0.167. The lowest BCUT2D eigenvalue weighted by Crippen LogP contribution is -2.36. The van der Waals surface area contributed by atoms with Gasteiger partial charge < -0.3 is 5.32 Å². The Morgan fingerprint density at radius 2 is 1.94 bits per heavy atom. The molecule has 0 spiro atoms. The van der Waals surface area contributed by atoms with Gasteiger partial charge in [-0.15, -0.1) is 0 Å². The fourth-order valence-corrected chi connectivity index (χ4v) is 4.31. The molecule has 1 amide bonds. The van der Waals surface area contributed by atoms with Crippen molar-refractivity contribution >= 4 is 38.3 Å². The molecular formula is C23H23N7O3S. The number of fused-ring (bicyclic) bond motifs is 1. The molecule has 10 nitrogen and oxygen atoms in total. The predicted octanol–water partition coefficient (Wildman–Crippen LogP) is 2.85. The molecule has 4 aromatic rings. The summed E-state index contributed by atoms with van der Waals surface area (Å²) in [6, 6.07) is 11.0. The SMILES string of the molecule is CS(=O)(=O)Nc1ccc(NC(=O)c2n[nH]c3ccc(-c4cncc(CN5CCC5)c4)cc23)cn1. The second kappa shape index (κ2) is 8.84. The summed E-state index contributed by atoms with van der Waals surface area (Å²) in [5, 5.41) is 10.5. The fraction of sp³-hybridized carbons (Fsp3) is 0.217. The van der Waals surface area contributed by atoms with Crippen molar-refractivity contribution in [3.63, 3.8) is 0 Å². The Morgan fingerprint density at radius 1 is 1.09 bits per heavy atom. The number of likely N-dealkylation sites (tertiary alicyclic amines) is 1. The zero-order valence-electron chi connectivity index (χ0n) is 18.4. The van der Waals surface area contributed by atoms with Crippen molar-refractivity contribution < 1.29 is 13.2 Å². The Morgan fingerprint density at radius 3 is 2.65 bits per heavy atom. The molecule has 11 heteroatoms. The standard InChI is InChI=1S/C23H23N7O3S/c1-34(32,33)29-21-6-4-18(13-25-21)26-23(31)22-19-10-16(3-5-20(19)27-28-22)17-9-15(11-24-12-17)14-30-7-2-8-30/h3-6,9-13H,2,7-8,14H2,1H3,(H,25,29)(H,26,31)(H,27,28). The van der Waals surface area contributed by atoms with E-state index in [9.17, 15) is 13.2 Å². The van der Waals surface area contributed by atoms with Gasteiger partial charge in [-0.05, 0) is 61.0 Å². The molecule has 0 bridgehead atoms. The van der Waals surface area contributed by atoms with Gasteiger partial charge in [0.15, 0.2) is 5.69 Å². The van der Waals surface area contributed by atoms with Crippen LogP contribution in [0.1, 0.15) is 22.5 Å². The Bertz CT molecular complexity index is 1460. The number of benzene rings is 1. The van der Waals surface area contributed by atoms with Gasteiger partial charge in [0.2, 0.25) is 10.0 Å². The van der Waals surface area contributed by atoms with Crippen molar-refractivity contribution in [3.8, 4) is 11.1 Å². The number of hydrogen-bond acceptors (Lipinski definition) is 7. The van der Waals surface area contributed by atoms with Gasteiger partial charge in [-0.25, -0.2) is 13.4 Å². The van der Waals surface area contributed by atoms with Crippen molar-refractivity contribution in [1.29, 1.82) is 0 Å². The second-order valence-corrected chi connectivity index (χ2v) is 10.1. The molecule has 5 rings (SSSR count). The average molecular weight is 478 g/mol. The number of hydrogen-bond donors (Lipinski definition) is 3. The highest BCUT2D eigenvalue weighted by molar-refractivity contribution is 7.92. The summed E-state index contributed by atoms with van der Waals surface area (Å²) in [5.41, 5.74) is 4.48. The van der Waals surface area contributed by atoms with Gasteiger partial charge in [-0.1, -0.05) is 6.07 Å². The highest BCUT2D eigenvalue weighted by atomic mass is 32.2. The number of aromatic nitrogens is 4. The van der Waals surface area contributed by atoms with E-state index >= 15 is 0 Å². The Hall–Kier alpha value is -3.83. The summed E-state index contributed by atoms with van der Waals surface area (Å²) in [5.74, 6) is -0.237. The molecule has 174 valence electrons. The van der Waals surface area contributed by atoms with Crippen LogP contribution in [0.25, 0.3) is 22.0 Å². The molecule has 0 aliphatic carbocycles. The van der Waals surface area contributed by atoms with Gasteiger partial charge in [-0.3, -0.25) is 24.5 Å². The van der Waals surface area contributed by atoms with Crippen LogP contribution in [0.5, 0.6) is 0 Å². The van der Waals surface area contributed by atoms with E-state index in [-0.39, 0.29) is 11.5 Å². The van der Waals surface area contributed by atoms with Crippen LogP contribution in [-0.2, 0) is 16.6 Å². The maximum Gasteiger partial charge on any atom is 0.276 e. The van der Waals surface area contributed by atoms with Crippen molar-refractivity contribution in [3.05, 3.63) is 66.2 Å². The molecule has 34 heavy (non-hydrogen) atoms. The lowest BCUT2D eigenvalue weighted by Gasteiger charge is -2.30. The first kappa shape index (κ1) is 22.0. The zero-order chi connectivity index (χ0) is 23.7. The Kier molecular flexibility index (Phi) is 5.72. The average Bonchev–Trinajstić information content (AvgIpc) is 3.20. The molecular weight excluding hydrogens is 454 g/mol. The van der Waals surface area contributed by atoms with Crippen LogP contribution in [0.15, 0.2) is 55.0 Å². The number of anilines is 2. The molecule has 3 aromatic heterocycles. The second-order valence-electron chi connectivity index (χ2n) is 8.30. The van der Waals surface area contributed by atoms with Crippen LogP contribution in [-0.4, -0.2) is 58.7 Å². The summed E-state index contributed by atoms with van der Waals surface area (Å²) < 4.78 is 24.9. The minimum Gasteiger partial charge on any atom is -0.319 e. The topological polar surface area (TPSA) is 133 Å². The maximum absolute atomic E-state index is 12.9. The maximum atomic E-state index is 12.9. The molecule has 1 aromatic carbocycles. The van der Waals surface area contributed by atoms with E-state index < -0.39 is 15.9 Å². The first-order valence-electron chi connectivity index (χ1n) is 10.7. The van der Waals surface area contributed by atoms with E-state index in [4.69, 9.17) is 0 Å². The monoisotopic (exact) mass is 477 g/mol. The van der Waals surface area contributed by atoms with Gasteiger partial charge in [0.1, 0.15) is 5.82 Å². The predicted molar refractivity (Wildman–Crippen MR) is 130 cm³/mol. The molecule has 0 atom stereocenters. The van der Waals surface area contributed by atoms with E-state index in [1.807, 2.05) is 30.6 Å². The van der Waals surface area contributed by atoms with Crippen LogP contribution < -0.4 is 10.0 Å². The molecule has 1 aliphatic heterocycles. The third-order valence-electron chi connectivity index (χ3n) is 5.57. The first-order valence-corrected chi connectivity index (χ1v) is 12.6. The zero-order valence-corrected chi connectivity index (χ0v) is 19.3. The summed E-state index contributed by atoms with van der Waals surface area (Å²) in [7, 11) is -3.43. The summed E-state index contributed by atoms with van der Waals surface area (Å²) >= 11 is 0. The number of sulfonamides is 1. The van der Waals surface area contributed by atoms with Gasteiger partial charge in [0.05, 0.1) is 23.7 Å². The van der Waals surface area contributed by atoms with Gasteiger partial charge >= 0.3 is 0 Å². The van der Waals surface area contributed by atoms with Gasteiger partial charge in [0.25, 0.3) is 5.91 Å². The van der Waals surface area contributed by atoms with Crippen LogP contribution >= 0.6 is 0 Å². The summed E-state index contributed by atoms with van der Waals surface area (Å²) in [6.07, 6.45) is 7.37. The quantitative estimate of drug-likeness (QED) is 0.373. The molecule has 0 unspecified atom stereocenters. The van der Waals surface area contributed by atoms with Crippen LogP contribution in [0.3, 0.4) is 0 Å². The Balaban J connectivity index is 1.37. The van der Waals surface area contributed by atoms with Gasteiger partial charge in [0, 0.05) is 29.9 Å². The van der Waals surface area contributed by atoms with E-state index in [0.29, 0.717) is 11.1 Å². The Labute approximate surface area is 196 Å². The summed E-state index contributed by atoms with van der Waals surface area (Å²) in [4.78, 5) is 23.7. The highest BCUT2D eigenvalue weighted by Gasteiger charge is 2.17. The molecule has 1 aliphatic rings. The van der Waals surface area contributed by atoms with E-state index in [1.165, 1.54) is 18.7 Å². The normalized spacial score (nSPS) is 14.0. The van der Waals surface area contributed by atoms with Crippen molar-refractivity contribution in [2.45, 2.75) is 13.0 Å². The number of amides is 1. The van der Waals surface area contributed by atoms with E-state index in [2.05, 4.69) is 41.2 Å². The van der Waals surface area contributed by atoms with Crippen LogP contribution in [0, 0.1) is 0 Å². The minimum atomic E-state index is -3.43. The van der Waals surface area contributed by atoms with Crippen molar-refractivity contribution in [2.75, 3.05) is 29.4 Å². The molecule has 0 saturated carbocycles. The van der Waals surface area contributed by atoms with E-state index in [0.717, 1.165) is 48.1 Å². The molecule has 4 heterocycles. The molecule has 0 radical (unpaired) electrons. The number of carbonyl (C=O) groups is 1. The number of pyridine rings is 2. The number of rotatable bonds is 7. The third kappa shape index (κ3) is 4.90. The van der Waals surface area contributed by atoms with Crippen LogP contribution in [0.2, 0.25) is 0 Å². The number of aromatic amines is 1. The van der Waals surface area contributed by atoms with Crippen molar-refractivity contribution in [2.24, 2.45) is 0 Å². The number of H-pyrrole nitrogens is 1. The van der Waals surface area contributed by atoms with Crippen molar-refractivity contribution in [1.82, 2.24) is 25.1 Å². The molecule has 1 fully saturated rings. The third-order valence-corrected chi connectivity index (χ3v) is 6.15. The number of carbonyl (C=O) groups excluding carboxylic acids is 1. The largest absolute Gasteiger partial charge is 0.319 e. The van der Waals surface area contributed by atoms with E-state index in [1.54, 1.807) is 6.07 Å². The lowest BCUT2D eigenvalue weighted by molar-refractivity contribution is 0.102. The summed E-state index contributed by atoms with van der Waals surface area (Å²) in [6.45, 7) is 3.13. The lowest BCUT2D eigenvalue weighted by atomic mass is 10.0. The number of nitrogens with zero attached hydrogens (tertiary/aromatic N) is 4. The highest BCUT2D eigenvalue weighted by Crippen LogP contribution is 2.27.